The van der Waals surface area contributed by atoms with Gasteiger partial charge in [0.1, 0.15) is 23.9 Å². The van der Waals surface area contributed by atoms with Crippen molar-refractivity contribution in [3.63, 3.8) is 0 Å². The van der Waals surface area contributed by atoms with Gasteiger partial charge in [0.15, 0.2) is 0 Å². The Balaban J connectivity index is 0.00000289. The van der Waals surface area contributed by atoms with Gasteiger partial charge in [0.25, 0.3) is 0 Å². The van der Waals surface area contributed by atoms with Crippen LogP contribution in [0, 0.1) is 0 Å². The molecule has 0 aromatic heterocycles. The molecule has 1 aliphatic heterocycles. The molecule has 3 aromatic carbocycles. The van der Waals surface area contributed by atoms with E-state index in [9.17, 15) is 0 Å². The molecule has 0 amide bonds. The number of hydrogen-bond acceptors (Lipinski definition) is 4. The maximum atomic E-state index is 5.91. The maximum absolute atomic E-state index is 5.91. The second-order valence-corrected chi connectivity index (χ2v) is 7.57. The fourth-order valence-corrected chi connectivity index (χ4v) is 3.62. The van der Waals surface area contributed by atoms with Gasteiger partial charge in [-0.15, -0.1) is 12.4 Å². The average Bonchev–Trinajstić information content (AvgIpc) is 3.34. The van der Waals surface area contributed by atoms with Crippen molar-refractivity contribution in [3.05, 3.63) is 84.4 Å². The average molecular weight is 452 g/mol. The van der Waals surface area contributed by atoms with Crippen molar-refractivity contribution < 1.29 is 9.47 Å². The molecule has 0 spiro atoms. The van der Waals surface area contributed by atoms with Crippen LogP contribution in [0.2, 0.25) is 0 Å². The summed E-state index contributed by atoms with van der Waals surface area (Å²) >= 11 is 0. The molecule has 1 fully saturated rings. The second-order valence-electron chi connectivity index (χ2n) is 7.57. The summed E-state index contributed by atoms with van der Waals surface area (Å²) in [6.45, 7) is 4.09. The van der Waals surface area contributed by atoms with E-state index < -0.39 is 0 Å². The third kappa shape index (κ3) is 6.74. The van der Waals surface area contributed by atoms with E-state index in [1.54, 1.807) is 7.11 Å². The predicted molar refractivity (Wildman–Crippen MR) is 134 cm³/mol. The van der Waals surface area contributed by atoms with Crippen molar-refractivity contribution in [1.82, 2.24) is 4.90 Å². The van der Waals surface area contributed by atoms with Crippen molar-refractivity contribution in [2.45, 2.75) is 12.8 Å². The van der Waals surface area contributed by atoms with Crippen molar-refractivity contribution in [2.24, 2.45) is 4.99 Å². The van der Waals surface area contributed by atoms with Gasteiger partial charge in [0.05, 0.1) is 12.8 Å². The van der Waals surface area contributed by atoms with Gasteiger partial charge in [-0.3, -0.25) is 4.90 Å². The van der Waals surface area contributed by atoms with Gasteiger partial charge in [-0.2, -0.15) is 0 Å². The predicted octanol–water partition coefficient (Wildman–Crippen LogP) is 5.78. The van der Waals surface area contributed by atoms with Crippen molar-refractivity contribution >= 4 is 29.6 Å². The summed E-state index contributed by atoms with van der Waals surface area (Å²) in [7, 11) is 1.67. The minimum absolute atomic E-state index is 0. The molecule has 4 rings (SSSR count). The zero-order valence-electron chi connectivity index (χ0n) is 18.4. The topological polar surface area (TPSA) is 46.1 Å². The van der Waals surface area contributed by atoms with Crippen LogP contribution in [-0.2, 0) is 0 Å². The molecule has 1 heterocycles. The highest BCUT2D eigenvalue weighted by atomic mass is 35.5. The minimum atomic E-state index is 0. The smallest absolute Gasteiger partial charge is 0.138 e. The molecule has 1 aliphatic rings. The molecule has 0 saturated carbocycles. The highest BCUT2D eigenvalue weighted by Crippen LogP contribution is 2.21. The Morgan fingerprint density at radius 3 is 2.19 bits per heavy atom. The van der Waals surface area contributed by atoms with E-state index in [-0.39, 0.29) is 12.4 Å². The number of para-hydroxylation sites is 1. The molecule has 168 valence electrons. The molecule has 32 heavy (non-hydrogen) atoms. The van der Waals surface area contributed by atoms with Crippen LogP contribution in [0.25, 0.3) is 0 Å². The third-order valence-electron chi connectivity index (χ3n) is 5.35. The lowest BCUT2D eigenvalue weighted by molar-refractivity contribution is 0.238. The van der Waals surface area contributed by atoms with Crippen LogP contribution in [-0.4, -0.2) is 44.1 Å². The molecule has 0 bridgehead atoms. The lowest BCUT2D eigenvalue weighted by atomic mass is 10.2. The highest BCUT2D eigenvalue weighted by molar-refractivity contribution is 6.09. The number of hydrogen-bond donors (Lipinski definition) is 1. The molecular formula is C26H30ClN3O2. The molecule has 0 radical (unpaired) electrons. The first-order valence-corrected chi connectivity index (χ1v) is 10.8. The molecule has 0 unspecified atom stereocenters. The Kier molecular flexibility index (Phi) is 8.96. The monoisotopic (exact) mass is 451 g/mol. The van der Waals surface area contributed by atoms with E-state index in [0.717, 1.165) is 47.4 Å². The van der Waals surface area contributed by atoms with Gasteiger partial charge >= 0.3 is 0 Å². The number of ether oxygens (including phenoxy) is 2. The first-order chi connectivity index (χ1) is 15.3. The first-order valence-electron chi connectivity index (χ1n) is 10.8. The van der Waals surface area contributed by atoms with Crippen LogP contribution >= 0.6 is 12.4 Å². The Morgan fingerprint density at radius 1 is 0.875 bits per heavy atom. The number of nitrogens with one attached hydrogen (secondary N) is 1. The van der Waals surface area contributed by atoms with Crippen LogP contribution in [0.15, 0.2) is 83.9 Å². The summed E-state index contributed by atoms with van der Waals surface area (Å²) in [5.41, 5.74) is 2.83. The van der Waals surface area contributed by atoms with E-state index in [2.05, 4.69) is 10.2 Å². The van der Waals surface area contributed by atoms with Gasteiger partial charge in [0, 0.05) is 17.8 Å². The summed E-state index contributed by atoms with van der Waals surface area (Å²) in [6, 6.07) is 25.9. The molecule has 3 aromatic rings. The number of aliphatic imine (C=N–C) groups is 1. The highest BCUT2D eigenvalue weighted by Gasteiger charge is 2.11. The fourth-order valence-electron chi connectivity index (χ4n) is 3.62. The number of nitrogens with zero attached hydrogens (tertiary/aromatic N) is 2. The Bertz CT molecular complexity index is 970. The summed E-state index contributed by atoms with van der Waals surface area (Å²) < 4.78 is 11.2. The van der Waals surface area contributed by atoms with Gasteiger partial charge in [0.2, 0.25) is 0 Å². The zero-order chi connectivity index (χ0) is 21.3. The molecule has 0 atom stereocenters. The minimum Gasteiger partial charge on any atom is -0.497 e. The van der Waals surface area contributed by atoms with Crippen LogP contribution < -0.4 is 14.8 Å². The zero-order valence-corrected chi connectivity index (χ0v) is 19.2. The van der Waals surface area contributed by atoms with Crippen molar-refractivity contribution in [2.75, 3.05) is 38.7 Å². The molecule has 6 heteroatoms. The SMILES string of the molecule is COc1ccc(C(=Nc2ccc(OCCN3CCCC3)cc2)Nc2ccccc2)cc1.Cl. The number of benzene rings is 3. The lowest BCUT2D eigenvalue weighted by Crippen LogP contribution is -2.25. The van der Waals surface area contributed by atoms with Gasteiger partial charge in [-0.1, -0.05) is 18.2 Å². The van der Waals surface area contributed by atoms with E-state index in [1.807, 2.05) is 78.9 Å². The maximum Gasteiger partial charge on any atom is 0.138 e. The fraction of sp³-hybridized carbons (Fsp3) is 0.269. The summed E-state index contributed by atoms with van der Waals surface area (Å²) in [6.07, 6.45) is 2.61. The van der Waals surface area contributed by atoms with E-state index in [1.165, 1.54) is 25.9 Å². The summed E-state index contributed by atoms with van der Waals surface area (Å²) in [5.74, 6) is 2.47. The molecule has 1 saturated heterocycles. The largest absolute Gasteiger partial charge is 0.497 e. The van der Waals surface area contributed by atoms with Gasteiger partial charge < -0.3 is 14.8 Å². The third-order valence-corrected chi connectivity index (χ3v) is 5.35. The lowest BCUT2D eigenvalue weighted by Gasteiger charge is -2.15. The van der Waals surface area contributed by atoms with Crippen molar-refractivity contribution in [1.29, 1.82) is 0 Å². The van der Waals surface area contributed by atoms with Gasteiger partial charge in [-0.05, 0) is 86.6 Å². The van der Waals surface area contributed by atoms with Crippen LogP contribution in [0.4, 0.5) is 11.4 Å². The standard InChI is InChI=1S/C26H29N3O2.ClH/c1-30-24-13-9-21(10-14-24)26(27-22-7-3-2-4-8-22)28-23-11-15-25(16-12-23)31-20-19-29-17-5-6-18-29;/h2-4,7-16H,5-6,17-20H2,1H3,(H,27,28);1H. The second kappa shape index (κ2) is 12.1. The summed E-state index contributed by atoms with van der Waals surface area (Å²) in [4.78, 5) is 7.32. The number of likely N-dealkylation sites (tertiary alicyclic amines) is 1. The molecular weight excluding hydrogens is 422 g/mol. The number of methoxy groups -OCH3 is 1. The Labute approximate surface area is 196 Å². The molecule has 0 aliphatic carbocycles. The van der Waals surface area contributed by atoms with E-state index >= 15 is 0 Å². The quantitative estimate of drug-likeness (QED) is 0.348. The Morgan fingerprint density at radius 2 is 1.53 bits per heavy atom. The molecule has 1 N–H and O–H groups in total. The number of rotatable bonds is 8. The van der Waals surface area contributed by atoms with E-state index in [0.29, 0.717) is 0 Å². The van der Waals surface area contributed by atoms with Crippen LogP contribution in [0.3, 0.4) is 0 Å². The number of halogens is 1. The number of amidine groups is 1. The first kappa shape index (κ1) is 23.6. The van der Waals surface area contributed by atoms with Crippen LogP contribution in [0.5, 0.6) is 11.5 Å². The number of anilines is 1. The van der Waals surface area contributed by atoms with Crippen molar-refractivity contribution in [3.8, 4) is 11.5 Å². The summed E-state index contributed by atoms with van der Waals surface area (Å²) in [5, 5.41) is 3.43. The Hall–Kier alpha value is -3.02. The van der Waals surface area contributed by atoms with Gasteiger partial charge in [-0.25, -0.2) is 4.99 Å². The normalized spacial score (nSPS) is 14.0. The van der Waals surface area contributed by atoms with Crippen LogP contribution in [0.1, 0.15) is 18.4 Å². The molecule has 5 nitrogen and oxygen atoms in total. The van der Waals surface area contributed by atoms with E-state index in [4.69, 9.17) is 14.5 Å².